The van der Waals surface area contributed by atoms with Crippen LogP contribution in [0.15, 0.2) is 43.0 Å². The van der Waals surface area contributed by atoms with Crippen LogP contribution in [0.3, 0.4) is 0 Å². The van der Waals surface area contributed by atoms with E-state index in [4.69, 9.17) is 25.8 Å². The number of carbonyl (C=O) groups is 1. The zero-order chi connectivity index (χ0) is 19.4. The predicted molar refractivity (Wildman–Crippen MR) is 100 cm³/mol. The number of benzene rings is 2. The smallest absolute Gasteiger partial charge is 0.256 e. The van der Waals surface area contributed by atoms with Crippen molar-refractivity contribution in [2.24, 2.45) is 0 Å². The van der Waals surface area contributed by atoms with Crippen LogP contribution in [-0.4, -0.2) is 42.0 Å². The summed E-state index contributed by atoms with van der Waals surface area (Å²) in [6, 6.07) is 8.21. The molecular weight excluding hydrogens is 372 g/mol. The van der Waals surface area contributed by atoms with Gasteiger partial charge < -0.3 is 19.5 Å². The van der Waals surface area contributed by atoms with E-state index in [0.29, 0.717) is 39.2 Å². The van der Waals surface area contributed by atoms with Gasteiger partial charge in [-0.05, 0) is 30.3 Å². The molecule has 0 atom stereocenters. The van der Waals surface area contributed by atoms with Crippen molar-refractivity contribution in [3.63, 3.8) is 0 Å². The second kappa shape index (κ2) is 7.96. The summed E-state index contributed by atoms with van der Waals surface area (Å²) in [6.45, 7) is 0. The summed E-state index contributed by atoms with van der Waals surface area (Å²) < 4.78 is 17.4. The molecule has 1 heterocycles. The van der Waals surface area contributed by atoms with Crippen LogP contribution in [0.5, 0.6) is 17.2 Å². The Labute approximate surface area is 160 Å². The SMILES string of the molecule is COc1cc(C(=O)Nc2cc(Cl)ccc2-n2cncn2)cc(OC)c1OC. The van der Waals surface area contributed by atoms with Crippen LogP contribution in [0, 0.1) is 0 Å². The number of rotatable bonds is 6. The van der Waals surface area contributed by atoms with Crippen LogP contribution in [0.4, 0.5) is 5.69 Å². The van der Waals surface area contributed by atoms with Gasteiger partial charge in [0.2, 0.25) is 5.75 Å². The summed E-state index contributed by atoms with van der Waals surface area (Å²) in [6.07, 6.45) is 2.93. The molecule has 3 rings (SSSR count). The molecule has 1 N–H and O–H groups in total. The van der Waals surface area contributed by atoms with Crippen LogP contribution in [0.2, 0.25) is 5.02 Å². The first kappa shape index (κ1) is 18.5. The van der Waals surface area contributed by atoms with E-state index in [1.54, 1.807) is 30.3 Å². The highest BCUT2D eigenvalue weighted by atomic mass is 35.5. The number of halogens is 1. The fourth-order valence-electron chi connectivity index (χ4n) is 2.55. The van der Waals surface area contributed by atoms with Crippen molar-refractivity contribution in [3.8, 4) is 22.9 Å². The number of nitrogens with one attached hydrogen (secondary N) is 1. The van der Waals surface area contributed by atoms with Gasteiger partial charge in [-0.3, -0.25) is 4.79 Å². The Morgan fingerprint density at radius 1 is 1.07 bits per heavy atom. The van der Waals surface area contributed by atoms with Gasteiger partial charge in [-0.1, -0.05) is 11.6 Å². The molecule has 1 amide bonds. The van der Waals surface area contributed by atoms with Gasteiger partial charge in [0, 0.05) is 10.6 Å². The van der Waals surface area contributed by atoms with Gasteiger partial charge in [0.25, 0.3) is 5.91 Å². The maximum absolute atomic E-state index is 12.8. The number of nitrogens with zero attached hydrogens (tertiary/aromatic N) is 3. The van der Waals surface area contributed by atoms with Crippen LogP contribution in [0.1, 0.15) is 10.4 Å². The number of amides is 1. The molecule has 0 saturated carbocycles. The van der Waals surface area contributed by atoms with E-state index in [0.717, 1.165) is 0 Å². The van der Waals surface area contributed by atoms with E-state index in [1.165, 1.54) is 38.7 Å². The zero-order valence-corrected chi connectivity index (χ0v) is 15.6. The molecule has 8 nitrogen and oxygen atoms in total. The van der Waals surface area contributed by atoms with E-state index < -0.39 is 0 Å². The highest BCUT2D eigenvalue weighted by molar-refractivity contribution is 6.31. The van der Waals surface area contributed by atoms with Crippen molar-refractivity contribution in [3.05, 3.63) is 53.6 Å². The quantitative estimate of drug-likeness (QED) is 0.697. The lowest BCUT2D eigenvalue weighted by molar-refractivity contribution is 0.102. The summed E-state index contributed by atoms with van der Waals surface area (Å²) in [4.78, 5) is 16.8. The molecule has 0 fully saturated rings. The van der Waals surface area contributed by atoms with Crippen molar-refractivity contribution in [2.45, 2.75) is 0 Å². The van der Waals surface area contributed by atoms with E-state index in [-0.39, 0.29) is 5.91 Å². The molecule has 0 aliphatic heterocycles. The number of carbonyl (C=O) groups excluding carboxylic acids is 1. The largest absolute Gasteiger partial charge is 0.493 e. The second-order valence-corrected chi connectivity index (χ2v) is 5.81. The Morgan fingerprint density at radius 2 is 1.78 bits per heavy atom. The lowest BCUT2D eigenvalue weighted by Crippen LogP contribution is -2.14. The van der Waals surface area contributed by atoms with E-state index in [1.807, 2.05) is 0 Å². The van der Waals surface area contributed by atoms with E-state index in [2.05, 4.69) is 15.4 Å². The molecule has 0 aliphatic rings. The van der Waals surface area contributed by atoms with E-state index in [9.17, 15) is 4.79 Å². The number of anilines is 1. The summed E-state index contributed by atoms with van der Waals surface area (Å²) in [7, 11) is 4.47. The van der Waals surface area contributed by atoms with Gasteiger partial charge in [-0.25, -0.2) is 9.67 Å². The number of ether oxygens (including phenoxy) is 3. The average Bonchev–Trinajstić information content (AvgIpc) is 3.21. The first-order chi connectivity index (χ1) is 13.1. The summed E-state index contributed by atoms with van der Waals surface area (Å²) in [5.41, 5.74) is 1.43. The summed E-state index contributed by atoms with van der Waals surface area (Å²) in [5.74, 6) is 0.787. The zero-order valence-electron chi connectivity index (χ0n) is 14.9. The lowest BCUT2D eigenvalue weighted by atomic mass is 10.1. The van der Waals surface area contributed by atoms with Crippen molar-refractivity contribution < 1.29 is 19.0 Å². The molecule has 2 aromatic carbocycles. The van der Waals surface area contributed by atoms with E-state index >= 15 is 0 Å². The van der Waals surface area contributed by atoms with Crippen molar-refractivity contribution in [2.75, 3.05) is 26.6 Å². The molecule has 3 aromatic rings. The standard InChI is InChI=1S/C18H17ClN4O4/c1-25-15-6-11(7-16(26-2)17(15)27-3)18(24)22-13-8-12(19)4-5-14(13)23-10-20-9-21-23/h4-10H,1-3H3,(H,22,24). The number of methoxy groups -OCH3 is 3. The van der Waals surface area contributed by atoms with Crippen molar-refractivity contribution in [1.82, 2.24) is 14.8 Å². The second-order valence-electron chi connectivity index (χ2n) is 5.37. The molecule has 0 saturated heterocycles. The van der Waals surface area contributed by atoms with Gasteiger partial charge in [0.1, 0.15) is 12.7 Å². The maximum atomic E-state index is 12.8. The monoisotopic (exact) mass is 388 g/mol. The third-order valence-electron chi connectivity index (χ3n) is 3.80. The number of aromatic nitrogens is 3. The minimum absolute atomic E-state index is 0.328. The maximum Gasteiger partial charge on any atom is 0.256 e. The molecule has 27 heavy (non-hydrogen) atoms. The normalized spacial score (nSPS) is 10.4. The van der Waals surface area contributed by atoms with Gasteiger partial charge in [0.05, 0.1) is 32.7 Å². The molecular formula is C18H17ClN4O4. The van der Waals surface area contributed by atoms with Crippen LogP contribution < -0.4 is 19.5 Å². The predicted octanol–water partition coefficient (Wildman–Crippen LogP) is 3.20. The van der Waals surface area contributed by atoms with Crippen LogP contribution >= 0.6 is 11.6 Å². The Kier molecular flexibility index (Phi) is 5.46. The third-order valence-corrected chi connectivity index (χ3v) is 4.03. The van der Waals surface area contributed by atoms with Gasteiger partial charge in [-0.15, -0.1) is 0 Å². The Morgan fingerprint density at radius 3 is 2.33 bits per heavy atom. The minimum atomic E-state index is -0.377. The summed E-state index contributed by atoms with van der Waals surface area (Å²) in [5, 5.41) is 7.39. The van der Waals surface area contributed by atoms with Crippen molar-refractivity contribution in [1.29, 1.82) is 0 Å². The third kappa shape index (κ3) is 3.80. The lowest BCUT2D eigenvalue weighted by Gasteiger charge is -2.15. The molecule has 0 aliphatic carbocycles. The minimum Gasteiger partial charge on any atom is -0.493 e. The van der Waals surface area contributed by atoms with Gasteiger partial charge >= 0.3 is 0 Å². The van der Waals surface area contributed by atoms with Crippen LogP contribution in [0.25, 0.3) is 5.69 Å². The molecule has 9 heteroatoms. The first-order valence-corrected chi connectivity index (χ1v) is 8.21. The molecule has 1 aromatic heterocycles. The Bertz CT molecular complexity index is 935. The fourth-order valence-corrected chi connectivity index (χ4v) is 2.72. The Balaban J connectivity index is 1.98. The molecule has 0 radical (unpaired) electrons. The fraction of sp³-hybridized carbons (Fsp3) is 0.167. The van der Waals surface area contributed by atoms with Crippen LogP contribution in [-0.2, 0) is 0 Å². The Hall–Kier alpha value is -3.26. The van der Waals surface area contributed by atoms with Crippen molar-refractivity contribution >= 4 is 23.2 Å². The van der Waals surface area contributed by atoms with Gasteiger partial charge in [0.15, 0.2) is 11.5 Å². The average molecular weight is 389 g/mol. The molecule has 0 spiro atoms. The first-order valence-electron chi connectivity index (χ1n) is 7.83. The molecule has 0 bridgehead atoms. The number of hydrogen-bond donors (Lipinski definition) is 1. The van der Waals surface area contributed by atoms with Gasteiger partial charge in [-0.2, -0.15) is 5.10 Å². The highest BCUT2D eigenvalue weighted by Crippen LogP contribution is 2.38. The molecule has 0 unspecified atom stereocenters. The molecule has 140 valence electrons. The highest BCUT2D eigenvalue weighted by Gasteiger charge is 2.18. The summed E-state index contributed by atoms with van der Waals surface area (Å²) >= 11 is 6.09. The number of hydrogen-bond acceptors (Lipinski definition) is 6. The topological polar surface area (TPSA) is 87.5 Å².